The van der Waals surface area contributed by atoms with Crippen LogP contribution in [0.5, 0.6) is 0 Å². The van der Waals surface area contributed by atoms with Crippen LogP contribution >= 0.6 is 23.2 Å². The van der Waals surface area contributed by atoms with E-state index in [1.54, 1.807) is 12.1 Å². The van der Waals surface area contributed by atoms with Gasteiger partial charge in [0.25, 0.3) is 0 Å². The fourth-order valence-electron chi connectivity index (χ4n) is 1.15. The van der Waals surface area contributed by atoms with Crippen LogP contribution in [0.4, 0.5) is 0 Å². The molecule has 0 aromatic carbocycles. The molecule has 4 heteroatoms. The van der Waals surface area contributed by atoms with Crippen molar-refractivity contribution >= 4 is 23.2 Å². The van der Waals surface area contributed by atoms with E-state index >= 15 is 0 Å². The summed E-state index contributed by atoms with van der Waals surface area (Å²) < 4.78 is 0. The molecular weight excluding hydrogens is 197 g/mol. The topological polar surface area (TPSA) is 33.1 Å². The van der Waals surface area contributed by atoms with Crippen LogP contribution in [0.1, 0.15) is 18.4 Å². The lowest BCUT2D eigenvalue weighted by molar-refractivity contribution is 0.151. The molecule has 2 nitrogen and oxygen atoms in total. The van der Waals surface area contributed by atoms with Gasteiger partial charge >= 0.3 is 0 Å². The Hall–Kier alpha value is -0.310. The van der Waals surface area contributed by atoms with Gasteiger partial charge in [0, 0.05) is 5.56 Å². The van der Waals surface area contributed by atoms with Crippen molar-refractivity contribution in [3.05, 3.63) is 28.0 Å². The largest absolute Gasteiger partial charge is 0.385 e. The molecule has 2 rings (SSSR count). The van der Waals surface area contributed by atoms with Gasteiger partial charge in [0.1, 0.15) is 10.3 Å². The molecule has 0 unspecified atom stereocenters. The van der Waals surface area contributed by atoms with Crippen LogP contribution in [0.25, 0.3) is 0 Å². The molecule has 0 aliphatic heterocycles. The highest BCUT2D eigenvalue weighted by Gasteiger charge is 2.43. The molecular formula is C8H7Cl2NO. The maximum Gasteiger partial charge on any atom is 0.136 e. The Kier molecular flexibility index (Phi) is 1.79. The predicted molar refractivity (Wildman–Crippen MR) is 47.4 cm³/mol. The van der Waals surface area contributed by atoms with Crippen molar-refractivity contribution < 1.29 is 5.11 Å². The lowest BCUT2D eigenvalue weighted by Gasteiger charge is -2.08. The van der Waals surface area contributed by atoms with E-state index in [-0.39, 0.29) is 0 Å². The second-order valence-electron chi connectivity index (χ2n) is 3.00. The summed E-state index contributed by atoms with van der Waals surface area (Å²) in [6.45, 7) is 0. The minimum Gasteiger partial charge on any atom is -0.385 e. The van der Waals surface area contributed by atoms with Crippen molar-refractivity contribution in [1.82, 2.24) is 4.98 Å². The molecule has 64 valence electrons. The monoisotopic (exact) mass is 203 g/mol. The lowest BCUT2D eigenvalue weighted by atomic mass is 10.1. The summed E-state index contributed by atoms with van der Waals surface area (Å²) in [4.78, 5) is 3.85. The third kappa shape index (κ3) is 1.30. The number of hydrogen-bond acceptors (Lipinski definition) is 2. The molecule has 0 amide bonds. The third-order valence-electron chi connectivity index (χ3n) is 2.04. The molecule has 1 aliphatic rings. The van der Waals surface area contributed by atoms with E-state index < -0.39 is 5.60 Å². The highest BCUT2D eigenvalue weighted by molar-refractivity contribution is 6.32. The minimum atomic E-state index is -0.728. The van der Waals surface area contributed by atoms with Gasteiger partial charge in [-0.15, -0.1) is 0 Å². The van der Waals surface area contributed by atoms with Crippen molar-refractivity contribution in [3.63, 3.8) is 0 Å². The lowest BCUT2D eigenvalue weighted by Crippen LogP contribution is -2.05. The second-order valence-corrected chi connectivity index (χ2v) is 3.75. The fourth-order valence-corrected chi connectivity index (χ4v) is 1.67. The van der Waals surface area contributed by atoms with E-state index in [1.807, 2.05) is 0 Å². The average molecular weight is 204 g/mol. The van der Waals surface area contributed by atoms with Gasteiger partial charge in [0.15, 0.2) is 0 Å². The molecule has 0 atom stereocenters. The Balaban J connectivity index is 2.45. The summed E-state index contributed by atoms with van der Waals surface area (Å²) in [5.74, 6) is 0. The first kappa shape index (κ1) is 8.30. The molecule has 1 saturated carbocycles. The van der Waals surface area contributed by atoms with Crippen LogP contribution in [0.3, 0.4) is 0 Å². The van der Waals surface area contributed by atoms with Crippen LogP contribution in [0.15, 0.2) is 12.1 Å². The molecule has 0 spiro atoms. The standard InChI is InChI=1S/C8H7Cl2NO/c9-6-2-1-5(7(10)11-6)8(12)3-4-8/h1-2,12H,3-4H2. The van der Waals surface area contributed by atoms with E-state index in [4.69, 9.17) is 23.2 Å². The Bertz CT molecular complexity index is 323. The van der Waals surface area contributed by atoms with Crippen molar-refractivity contribution in [2.45, 2.75) is 18.4 Å². The van der Waals surface area contributed by atoms with E-state index in [1.165, 1.54) is 0 Å². The molecule has 1 aliphatic carbocycles. The molecule has 1 aromatic rings. The quantitative estimate of drug-likeness (QED) is 0.712. The Labute approximate surface area is 80.1 Å². The summed E-state index contributed by atoms with van der Waals surface area (Å²) in [5.41, 5.74) is -0.0390. The zero-order chi connectivity index (χ0) is 8.77. The van der Waals surface area contributed by atoms with Gasteiger partial charge in [-0.1, -0.05) is 29.3 Å². The zero-order valence-electron chi connectivity index (χ0n) is 6.22. The number of rotatable bonds is 1. The van der Waals surface area contributed by atoms with Crippen molar-refractivity contribution in [3.8, 4) is 0 Å². The minimum absolute atomic E-state index is 0.308. The van der Waals surface area contributed by atoms with E-state index in [9.17, 15) is 5.11 Å². The van der Waals surface area contributed by atoms with Crippen LogP contribution in [-0.2, 0) is 5.60 Å². The number of pyridine rings is 1. The van der Waals surface area contributed by atoms with Crippen LogP contribution in [0.2, 0.25) is 10.3 Å². The maximum absolute atomic E-state index is 9.70. The molecule has 1 N–H and O–H groups in total. The van der Waals surface area contributed by atoms with Gasteiger partial charge in [0.2, 0.25) is 0 Å². The second kappa shape index (κ2) is 2.59. The normalized spacial score (nSPS) is 19.2. The van der Waals surface area contributed by atoms with Crippen LogP contribution in [-0.4, -0.2) is 10.1 Å². The molecule has 0 bridgehead atoms. The molecule has 12 heavy (non-hydrogen) atoms. The summed E-state index contributed by atoms with van der Waals surface area (Å²) in [6.07, 6.45) is 1.52. The van der Waals surface area contributed by atoms with Crippen molar-refractivity contribution in [1.29, 1.82) is 0 Å². The van der Waals surface area contributed by atoms with Gasteiger partial charge < -0.3 is 5.11 Å². The van der Waals surface area contributed by atoms with E-state index in [2.05, 4.69) is 4.98 Å². The van der Waals surface area contributed by atoms with Gasteiger partial charge in [0.05, 0.1) is 5.60 Å². The first-order valence-electron chi connectivity index (χ1n) is 3.67. The van der Waals surface area contributed by atoms with Crippen molar-refractivity contribution in [2.24, 2.45) is 0 Å². The SMILES string of the molecule is OC1(c2ccc(Cl)nc2Cl)CC1. The van der Waals surface area contributed by atoms with E-state index in [0.717, 1.165) is 12.8 Å². The smallest absolute Gasteiger partial charge is 0.136 e. The molecule has 0 radical (unpaired) electrons. The number of aliphatic hydroxyl groups is 1. The number of aromatic nitrogens is 1. The molecule has 1 aromatic heterocycles. The Morgan fingerprint density at radius 1 is 1.33 bits per heavy atom. The highest BCUT2D eigenvalue weighted by Crippen LogP contribution is 2.47. The van der Waals surface area contributed by atoms with Gasteiger partial charge in [-0.3, -0.25) is 0 Å². The fraction of sp³-hybridized carbons (Fsp3) is 0.375. The summed E-state index contributed by atoms with van der Waals surface area (Å²) in [5, 5.41) is 10.4. The molecule has 0 saturated heterocycles. The Morgan fingerprint density at radius 2 is 2.00 bits per heavy atom. The van der Waals surface area contributed by atoms with Gasteiger partial charge in [-0.2, -0.15) is 0 Å². The van der Waals surface area contributed by atoms with Gasteiger partial charge in [-0.05, 0) is 18.9 Å². The first-order chi connectivity index (χ1) is 5.62. The van der Waals surface area contributed by atoms with Crippen LogP contribution in [0, 0.1) is 0 Å². The summed E-state index contributed by atoms with van der Waals surface area (Å²) in [6, 6.07) is 3.36. The molecule has 1 fully saturated rings. The number of halogens is 2. The van der Waals surface area contributed by atoms with Crippen LogP contribution < -0.4 is 0 Å². The number of nitrogens with zero attached hydrogens (tertiary/aromatic N) is 1. The van der Waals surface area contributed by atoms with Crippen molar-refractivity contribution in [2.75, 3.05) is 0 Å². The average Bonchev–Trinajstić information content (AvgIpc) is 2.68. The maximum atomic E-state index is 9.70. The zero-order valence-corrected chi connectivity index (χ0v) is 7.73. The first-order valence-corrected chi connectivity index (χ1v) is 4.42. The molecule has 1 heterocycles. The van der Waals surface area contributed by atoms with Gasteiger partial charge in [-0.25, -0.2) is 4.98 Å². The third-order valence-corrected chi connectivity index (χ3v) is 2.54. The van der Waals surface area contributed by atoms with E-state index in [0.29, 0.717) is 15.9 Å². The summed E-state index contributed by atoms with van der Waals surface area (Å²) >= 11 is 11.4. The summed E-state index contributed by atoms with van der Waals surface area (Å²) in [7, 11) is 0. The Morgan fingerprint density at radius 3 is 2.50 bits per heavy atom. The predicted octanol–water partition coefficient (Wildman–Crippen LogP) is 2.37. The highest BCUT2D eigenvalue weighted by atomic mass is 35.5. The number of hydrogen-bond donors (Lipinski definition) is 1.